The number of rotatable bonds is 5. The van der Waals surface area contributed by atoms with Gasteiger partial charge < -0.3 is 5.32 Å². The number of unbranched alkanes of at least 4 members (excludes halogenated alkanes) is 1. The molecule has 5 heteroatoms. The fourth-order valence-corrected chi connectivity index (χ4v) is 1.68. The number of nitrogens with one attached hydrogen (secondary N) is 1. The maximum absolute atomic E-state index is 11.8. The Balaban J connectivity index is 2.13. The van der Waals surface area contributed by atoms with E-state index in [1.807, 2.05) is 25.2 Å². The van der Waals surface area contributed by atoms with Gasteiger partial charge in [-0.15, -0.1) is 5.10 Å². The lowest BCUT2D eigenvalue weighted by atomic mass is 10.3. The third kappa shape index (κ3) is 2.14. The lowest BCUT2D eigenvalue weighted by molar-refractivity contribution is 0.534. The molecule has 0 saturated carbocycles. The number of hydrogen-bond acceptors (Lipinski definition) is 3. The molecule has 0 aliphatic heterocycles. The molecule has 2 rings (SSSR count). The number of aryl methyl sites for hydroxylation is 1. The second kappa shape index (κ2) is 4.94. The van der Waals surface area contributed by atoms with Crippen molar-refractivity contribution >= 4 is 5.65 Å². The summed E-state index contributed by atoms with van der Waals surface area (Å²) in [6, 6.07) is 5.56. The number of aromatic nitrogens is 3. The van der Waals surface area contributed by atoms with Crippen LogP contribution in [0.4, 0.5) is 0 Å². The van der Waals surface area contributed by atoms with Crippen LogP contribution in [0.2, 0.25) is 0 Å². The molecule has 0 radical (unpaired) electrons. The Morgan fingerprint density at radius 2 is 2.25 bits per heavy atom. The van der Waals surface area contributed by atoms with E-state index in [0.29, 0.717) is 12.2 Å². The largest absolute Gasteiger partial charge is 0.350 e. The monoisotopic (exact) mass is 220 g/mol. The molecule has 0 aromatic carbocycles. The van der Waals surface area contributed by atoms with Gasteiger partial charge in [0.15, 0.2) is 5.65 Å². The first-order chi connectivity index (χ1) is 7.83. The van der Waals surface area contributed by atoms with Crippen LogP contribution in [-0.2, 0) is 6.54 Å². The molecule has 0 fully saturated rings. The van der Waals surface area contributed by atoms with Crippen molar-refractivity contribution in [3.63, 3.8) is 0 Å². The van der Waals surface area contributed by atoms with E-state index in [9.17, 15) is 4.79 Å². The zero-order chi connectivity index (χ0) is 11.4. The van der Waals surface area contributed by atoms with Gasteiger partial charge in [-0.1, -0.05) is 6.07 Å². The second-order valence-corrected chi connectivity index (χ2v) is 3.75. The molecule has 86 valence electrons. The van der Waals surface area contributed by atoms with Gasteiger partial charge in [-0.2, -0.15) is 0 Å². The van der Waals surface area contributed by atoms with Gasteiger partial charge in [0, 0.05) is 12.7 Å². The zero-order valence-corrected chi connectivity index (χ0v) is 9.39. The molecular weight excluding hydrogens is 204 g/mol. The van der Waals surface area contributed by atoms with Crippen LogP contribution in [0.5, 0.6) is 0 Å². The van der Waals surface area contributed by atoms with E-state index in [0.717, 1.165) is 19.4 Å². The van der Waals surface area contributed by atoms with Crippen molar-refractivity contribution in [2.24, 2.45) is 0 Å². The molecule has 5 nitrogen and oxygen atoms in total. The van der Waals surface area contributed by atoms with Gasteiger partial charge in [0.05, 0.1) is 0 Å². The summed E-state index contributed by atoms with van der Waals surface area (Å²) in [5.41, 5.74) is 0.654. The Hall–Kier alpha value is -1.62. The van der Waals surface area contributed by atoms with Crippen LogP contribution in [0, 0.1) is 0 Å². The Kier molecular flexibility index (Phi) is 3.36. The predicted molar refractivity (Wildman–Crippen MR) is 62.6 cm³/mol. The molecule has 16 heavy (non-hydrogen) atoms. The molecule has 0 saturated heterocycles. The highest BCUT2D eigenvalue weighted by atomic mass is 16.2. The van der Waals surface area contributed by atoms with Crippen molar-refractivity contribution in [3.8, 4) is 0 Å². The SMILES string of the molecule is CNCCCCn1nc2ccccn2c1=O. The average Bonchev–Trinajstić information content (AvgIpc) is 2.63. The van der Waals surface area contributed by atoms with Crippen LogP contribution in [0.1, 0.15) is 12.8 Å². The summed E-state index contributed by atoms with van der Waals surface area (Å²) in [5, 5.41) is 7.34. The Bertz CT molecular complexity index is 514. The Labute approximate surface area is 93.7 Å². The minimum atomic E-state index is -0.0555. The van der Waals surface area contributed by atoms with Gasteiger partial charge >= 0.3 is 5.69 Å². The van der Waals surface area contributed by atoms with Crippen LogP contribution in [0.15, 0.2) is 29.2 Å². The van der Waals surface area contributed by atoms with Crippen LogP contribution >= 0.6 is 0 Å². The van der Waals surface area contributed by atoms with Gasteiger partial charge in [-0.25, -0.2) is 9.48 Å². The van der Waals surface area contributed by atoms with Crippen molar-refractivity contribution in [2.45, 2.75) is 19.4 Å². The Morgan fingerprint density at radius 3 is 3.00 bits per heavy atom. The van der Waals surface area contributed by atoms with Crippen LogP contribution < -0.4 is 11.0 Å². The summed E-state index contributed by atoms with van der Waals surface area (Å²) in [6.45, 7) is 1.66. The number of fused-ring (bicyclic) bond motifs is 1. The molecule has 1 N–H and O–H groups in total. The summed E-state index contributed by atoms with van der Waals surface area (Å²) < 4.78 is 3.10. The lowest BCUT2D eigenvalue weighted by Crippen LogP contribution is -2.21. The van der Waals surface area contributed by atoms with E-state index in [4.69, 9.17) is 0 Å². The van der Waals surface area contributed by atoms with Gasteiger partial charge in [0.25, 0.3) is 0 Å². The quantitative estimate of drug-likeness (QED) is 0.746. The maximum Gasteiger partial charge on any atom is 0.350 e. The highest BCUT2D eigenvalue weighted by molar-refractivity contribution is 5.35. The number of hydrogen-bond donors (Lipinski definition) is 1. The fraction of sp³-hybridized carbons (Fsp3) is 0.455. The molecule has 2 heterocycles. The van der Waals surface area contributed by atoms with Gasteiger partial charge in [0.1, 0.15) is 0 Å². The lowest BCUT2D eigenvalue weighted by Gasteiger charge is -1.98. The Morgan fingerprint density at radius 1 is 1.38 bits per heavy atom. The summed E-state index contributed by atoms with van der Waals surface area (Å²) in [5.74, 6) is 0. The topological polar surface area (TPSA) is 51.3 Å². The highest BCUT2D eigenvalue weighted by Crippen LogP contribution is 1.96. The van der Waals surface area contributed by atoms with Crippen molar-refractivity contribution < 1.29 is 0 Å². The van der Waals surface area contributed by atoms with Gasteiger partial charge in [-0.3, -0.25) is 4.40 Å². The molecule has 0 spiro atoms. The minimum absolute atomic E-state index is 0.0555. The van der Waals surface area contributed by atoms with E-state index in [1.165, 1.54) is 4.68 Å². The fourth-order valence-electron chi connectivity index (χ4n) is 1.68. The van der Waals surface area contributed by atoms with E-state index in [2.05, 4.69) is 10.4 Å². The molecule has 0 unspecified atom stereocenters. The van der Waals surface area contributed by atoms with Crippen LogP contribution in [-0.4, -0.2) is 27.8 Å². The van der Waals surface area contributed by atoms with Crippen molar-refractivity contribution in [1.82, 2.24) is 19.5 Å². The molecule has 0 atom stereocenters. The first kappa shape index (κ1) is 10.9. The predicted octanol–water partition coefficient (Wildman–Crippen LogP) is 0.496. The van der Waals surface area contributed by atoms with Crippen LogP contribution in [0.3, 0.4) is 0 Å². The molecule has 0 aliphatic rings. The smallest absolute Gasteiger partial charge is 0.320 e. The summed E-state index contributed by atoms with van der Waals surface area (Å²) in [4.78, 5) is 11.8. The maximum atomic E-state index is 11.8. The standard InChI is InChI=1S/C11H16N4O/c1-12-7-3-5-9-15-11(16)14-8-4-2-6-10(14)13-15/h2,4,6,8,12H,3,5,7,9H2,1H3. The molecule has 2 aromatic heterocycles. The minimum Gasteiger partial charge on any atom is -0.320 e. The van der Waals surface area contributed by atoms with Crippen molar-refractivity contribution in [3.05, 3.63) is 34.9 Å². The highest BCUT2D eigenvalue weighted by Gasteiger charge is 2.04. The van der Waals surface area contributed by atoms with E-state index < -0.39 is 0 Å². The number of nitrogens with zero attached hydrogens (tertiary/aromatic N) is 3. The molecule has 0 amide bonds. The summed E-state index contributed by atoms with van der Waals surface area (Å²) >= 11 is 0. The summed E-state index contributed by atoms with van der Waals surface area (Å²) in [6.07, 6.45) is 3.76. The third-order valence-corrected chi connectivity index (χ3v) is 2.54. The molecule has 0 bridgehead atoms. The third-order valence-electron chi connectivity index (χ3n) is 2.54. The van der Waals surface area contributed by atoms with E-state index >= 15 is 0 Å². The number of pyridine rings is 1. The normalized spacial score (nSPS) is 11.1. The van der Waals surface area contributed by atoms with E-state index in [-0.39, 0.29) is 5.69 Å². The first-order valence-electron chi connectivity index (χ1n) is 5.52. The van der Waals surface area contributed by atoms with Gasteiger partial charge in [-0.05, 0) is 38.6 Å². The van der Waals surface area contributed by atoms with Crippen molar-refractivity contribution in [1.29, 1.82) is 0 Å². The second-order valence-electron chi connectivity index (χ2n) is 3.75. The van der Waals surface area contributed by atoms with Gasteiger partial charge in [0.2, 0.25) is 0 Å². The summed E-state index contributed by atoms with van der Waals surface area (Å²) in [7, 11) is 1.93. The zero-order valence-electron chi connectivity index (χ0n) is 9.39. The average molecular weight is 220 g/mol. The van der Waals surface area contributed by atoms with Crippen LogP contribution in [0.25, 0.3) is 5.65 Å². The molecular formula is C11H16N4O. The first-order valence-corrected chi connectivity index (χ1v) is 5.52. The van der Waals surface area contributed by atoms with Crippen molar-refractivity contribution in [2.75, 3.05) is 13.6 Å². The molecule has 0 aliphatic carbocycles. The molecule has 2 aromatic rings. The van der Waals surface area contributed by atoms with E-state index in [1.54, 1.807) is 10.6 Å².